The quantitative estimate of drug-likeness (QED) is 0.218. The van der Waals surface area contributed by atoms with Crippen LogP contribution in [-0.4, -0.2) is 140 Å². The van der Waals surface area contributed by atoms with Crippen LogP contribution >= 0.6 is 11.6 Å². The average molecular weight is 821 g/mol. The van der Waals surface area contributed by atoms with E-state index in [4.69, 9.17) is 40.4 Å². The van der Waals surface area contributed by atoms with Crippen LogP contribution in [-0.2, 0) is 44.5 Å². The van der Waals surface area contributed by atoms with Crippen LogP contribution < -0.4 is 15.0 Å². The summed E-state index contributed by atoms with van der Waals surface area (Å²) >= 11 is 6.76. The van der Waals surface area contributed by atoms with E-state index in [9.17, 15) is 29.1 Å². The highest BCUT2D eigenvalue weighted by molar-refractivity contribution is 6.35. The van der Waals surface area contributed by atoms with Crippen LogP contribution in [0.5, 0.6) is 5.75 Å². The number of methoxy groups -OCH3 is 2. The molecule has 3 aliphatic rings. The second-order valence-corrected chi connectivity index (χ2v) is 15.7. The molecule has 3 heterocycles. The van der Waals surface area contributed by atoms with Crippen molar-refractivity contribution in [1.29, 1.82) is 0 Å². The lowest BCUT2D eigenvalue weighted by atomic mass is 9.83. The number of allylic oxidation sites excluding steroid dienone is 3. The number of fused-ring (bicyclic) bond motifs is 5. The molecule has 316 valence electrons. The van der Waals surface area contributed by atoms with Gasteiger partial charge in [-0.15, -0.1) is 0 Å². The lowest BCUT2D eigenvalue weighted by Crippen LogP contribution is -2.63. The zero-order valence-corrected chi connectivity index (χ0v) is 35.0. The summed E-state index contributed by atoms with van der Waals surface area (Å²) in [6.07, 6.45) is 0.920. The first-order valence-corrected chi connectivity index (χ1v) is 19.4. The van der Waals surface area contributed by atoms with Crippen LogP contribution in [0.2, 0.25) is 5.02 Å². The van der Waals surface area contributed by atoms with Gasteiger partial charge in [0.2, 0.25) is 17.7 Å². The number of carbonyl (C=O) groups excluding carboxylic acids is 5. The normalized spacial score (nSPS) is 29.7. The first kappa shape index (κ1) is 45.5. The summed E-state index contributed by atoms with van der Waals surface area (Å²) in [7, 11) is 7.46. The molecular formula is C40H57ClN4O12. The Morgan fingerprint density at radius 2 is 1.84 bits per heavy atom. The zero-order valence-electron chi connectivity index (χ0n) is 34.2. The van der Waals surface area contributed by atoms with Crippen molar-refractivity contribution in [3.8, 4) is 5.75 Å². The first-order chi connectivity index (χ1) is 26.8. The number of aliphatic hydroxyl groups excluding tert-OH is 1. The largest absolute Gasteiger partial charge is 0.495 e. The maximum atomic E-state index is 14.2. The van der Waals surface area contributed by atoms with E-state index in [1.54, 1.807) is 52.2 Å². The summed E-state index contributed by atoms with van der Waals surface area (Å²) in [6, 6.07) is 2.46. The van der Waals surface area contributed by atoms with Crippen molar-refractivity contribution < 1.29 is 57.9 Å². The third kappa shape index (κ3) is 10.6. The summed E-state index contributed by atoms with van der Waals surface area (Å²) in [5, 5.41) is 23.5. The van der Waals surface area contributed by atoms with E-state index in [2.05, 4.69) is 5.32 Å². The third-order valence-electron chi connectivity index (χ3n) is 11.2. The number of aliphatic hydroxyl groups is 2. The summed E-state index contributed by atoms with van der Waals surface area (Å²) in [4.78, 5) is 70.2. The van der Waals surface area contributed by atoms with Crippen molar-refractivity contribution in [3.63, 3.8) is 0 Å². The number of benzene rings is 1. The Bertz CT molecular complexity index is 1740. The highest BCUT2D eigenvalue weighted by Gasteiger charge is 2.64. The van der Waals surface area contributed by atoms with Crippen LogP contribution in [0.25, 0.3) is 0 Å². The fourth-order valence-corrected chi connectivity index (χ4v) is 7.56. The zero-order chi connectivity index (χ0) is 42.4. The van der Waals surface area contributed by atoms with Crippen molar-refractivity contribution in [2.75, 3.05) is 53.4 Å². The van der Waals surface area contributed by atoms with Crippen LogP contribution in [0.1, 0.15) is 65.4 Å². The minimum absolute atomic E-state index is 0.0143. The van der Waals surface area contributed by atoms with Gasteiger partial charge in [-0.1, -0.05) is 42.3 Å². The molecule has 0 aliphatic carbocycles. The minimum Gasteiger partial charge on any atom is -0.495 e. The Balaban J connectivity index is 1.66. The molecule has 1 aromatic carbocycles. The van der Waals surface area contributed by atoms with Crippen LogP contribution in [0.15, 0.2) is 35.9 Å². The predicted molar refractivity (Wildman–Crippen MR) is 210 cm³/mol. The Labute approximate surface area is 339 Å². The molecule has 0 spiro atoms. The van der Waals surface area contributed by atoms with E-state index in [1.165, 1.54) is 42.9 Å². The van der Waals surface area contributed by atoms with Gasteiger partial charge in [0.25, 0.3) is 0 Å². The summed E-state index contributed by atoms with van der Waals surface area (Å²) in [5.41, 5.74) is -1.06. The molecule has 3 N–H and O–H groups in total. The maximum absolute atomic E-state index is 14.2. The fraction of sp³-hybridized carbons (Fsp3) is 0.625. The van der Waals surface area contributed by atoms with Crippen LogP contribution in [0, 0.1) is 5.92 Å². The number of halogens is 1. The Kier molecular flexibility index (Phi) is 15.2. The number of anilines is 1. The SMILES string of the molecule is COc1cc2cc(c1Cl)N(C)C(=O)C[C@H](OC(=O)[C@H](C)N(C)C(=O)CCCC(=O)N(C)CCO)[C@]1(C)O[C@H]1[C@H](C)[C@@H]1C[C@@](O)(NC(=O)O1)[C@H](OC)/C=C/C=C(/C)C2. The van der Waals surface area contributed by atoms with Gasteiger partial charge in [-0.2, -0.15) is 0 Å². The monoisotopic (exact) mass is 820 g/mol. The van der Waals surface area contributed by atoms with Gasteiger partial charge in [0.1, 0.15) is 40.7 Å². The molecule has 0 radical (unpaired) electrons. The molecule has 0 aromatic heterocycles. The molecule has 3 aliphatic heterocycles. The summed E-state index contributed by atoms with van der Waals surface area (Å²) in [5.74, 6) is -2.10. The van der Waals surface area contributed by atoms with Crippen LogP contribution in [0.3, 0.4) is 0 Å². The number of rotatable bonds is 11. The number of hydrogen-bond acceptors (Lipinski definition) is 12. The predicted octanol–water partition coefficient (Wildman–Crippen LogP) is 3.14. The van der Waals surface area contributed by atoms with Gasteiger partial charge < -0.3 is 48.6 Å². The van der Waals surface area contributed by atoms with Gasteiger partial charge in [0, 0.05) is 60.0 Å². The molecule has 4 amide bonds. The van der Waals surface area contributed by atoms with Gasteiger partial charge >= 0.3 is 12.1 Å². The lowest BCUT2D eigenvalue weighted by Gasteiger charge is -2.42. The van der Waals surface area contributed by atoms with Crippen molar-refractivity contribution in [3.05, 3.63) is 46.5 Å². The van der Waals surface area contributed by atoms with Gasteiger partial charge in [-0.3, -0.25) is 19.7 Å². The lowest BCUT2D eigenvalue weighted by molar-refractivity contribution is -0.162. The van der Waals surface area contributed by atoms with Crippen molar-refractivity contribution in [2.24, 2.45) is 5.92 Å². The number of hydrogen-bond donors (Lipinski definition) is 3. The minimum atomic E-state index is -1.85. The molecule has 17 heteroatoms. The van der Waals surface area contributed by atoms with E-state index in [1.807, 2.05) is 13.0 Å². The summed E-state index contributed by atoms with van der Waals surface area (Å²) < 4.78 is 29.2. The van der Waals surface area contributed by atoms with E-state index < -0.39 is 71.6 Å². The second kappa shape index (κ2) is 19.0. The number of esters is 1. The standard InChI is InChI=1S/C40H57ClN4O12/c1-23-12-10-13-30(54-9)40(52)22-29(55-38(51)42-40)24(2)36-39(4,57-36)31(21-34(49)45(7)27-19-26(18-23)20-28(53-8)35(27)41)56-37(50)25(3)44(6)33(48)15-11-14-32(47)43(5)16-17-46/h10,12-13,19-20,24-25,29-31,36,46,52H,11,14-18,21-22H2,1-9H3,(H,42,51)/b13-10+,23-12-/t24-,25+,29+,30-,31+,36+,39+,40+/m1/s1. The fourth-order valence-electron chi connectivity index (χ4n) is 7.25. The molecule has 4 bridgehead atoms. The highest BCUT2D eigenvalue weighted by Crippen LogP contribution is 2.49. The Morgan fingerprint density at radius 3 is 2.49 bits per heavy atom. The van der Waals surface area contributed by atoms with Crippen molar-refractivity contribution in [2.45, 2.75) is 108 Å². The van der Waals surface area contributed by atoms with Crippen LogP contribution in [0.4, 0.5) is 10.5 Å². The highest BCUT2D eigenvalue weighted by atomic mass is 35.5. The van der Waals surface area contributed by atoms with Gasteiger partial charge in [0.15, 0.2) is 5.72 Å². The number of amides is 4. The molecule has 4 rings (SSSR count). The van der Waals surface area contributed by atoms with Crippen molar-refractivity contribution >= 4 is 47.1 Å². The maximum Gasteiger partial charge on any atom is 0.409 e. The molecule has 2 saturated heterocycles. The molecule has 1 aromatic rings. The topological polar surface area (TPSA) is 197 Å². The average Bonchev–Trinajstić information content (AvgIpc) is 3.86. The van der Waals surface area contributed by atoms with Gasteiger partial charge in [-0.25, -0.2) is 9.59 Å². The number of alkyl carbamates (subject to hydrolysis) is 1. The molecule has 57 heavy (non-hydrogen) atoms. The molecule has 16 nitrogen and oxygen atoms in total. The Morgan fingerprint density at radius 1 is 1.16 bits per heavy atom. The summed E-state index contributed by atoms with van der Waals surface area (Å²) in [6.45, 7) is 6.87. The second-order valence-electron chi connectivity index (χ2n) is 15.3. The number of nitrogens with zero attached hydrogens (tertiary/aromatic N) is 3. The van der Waals surface area contributed by atoms with E-state index in [0.717, 1.165) is 11.1 Å². The number of likely N-dealkylation sites (N-methyl/N-ethyl adjacent to an activating group) is 2. The molecule has 0 unspecified atom stereocenters. The molecule has 8 atom stereocenters. The molecule has 0 saturated carbocycles. The van der Waals surface area contributed by atoms with Gasteiger partial charge in [-0.05, 0) is 51.3 Å². The Hall–Kier alpha value is -4.22. The molecule has 2 fully saturated rings. The van der Waals surface area contributed by atoms with E-state index in [-0.39, 0.29) is 56.2 Å². The van der Waals surface area contributed by atoms with E-state index in [0.29, 0.717) is 17.9 Å². The number of nitrogens with one attached hydrogen (secondary N) is 1. The molecular weight excluding hydrogens is 764 g/mol. The smallest absolute Gasteiger partial charge is 0.409 e. The van der Waals surface area contributed by atoms with Gasteiger partial charge in [0.05, 0.1) is 31.9 Å². The van der Waals surface area contributed by atoms with E-state index >= 15 is 0 Å². The number of ether oxygens (including phenoxy) is 5. The third-order valence-corrected chi connectivity index (χ3v) is 11.5. The van der Waals surface area contributed by atoms with Crippen molar-refractivity contribution in [1.82, 2.24) is 15.1 Å². The number of carbonyl (C=O) groups is 5. The number of epoxide rings is 1. The first-order valence-electron chi connectivity index (χ1n) is 19.0.